The molecule has 0 saturated carbocycles. The highest BCUT2D eigenvalue weighted by molar-refractivity contribution is 7.89. The quantitative estimate of drug-likeness (QED) is 0.694. The molecule has 1 unspecified atom stereocenters. The van der Waals surface area contributed by atoms with Gasteiger partial charge in [0.1, 0.15) is 30.1 Å². The number of sulfonamides is 1. The number of nitrogens with two attached hydrogens (primary N) is 1. The van der Waals surface area contributed by atoms with Gasteiger partial charge in [-0.2, -0.15) is 4.31 Å². The lowest BCUT2D eigenvalue weighted by atomic mass is 10.1. The van der Waals surface area contributed by atoms with Crippen LogP contribution >= 0.6 is 0 Å². The van der Waals surface area contributed by atoms with Gasteiger partial charge in [0.25, 0.3) is 0 Å². The molecule has 2 atom stereocenters. The van der Waals surface area contributed by atoms with Crippen LogP contribution in [0.5, 0.6) is 5.75 Å². The van der Waals surface area contributed by atoms with Crippen LogP contribution in [0, 0.1) is 0 Å². The summed E-state index contributed by atoms with van der Waals surface area (Å²) >= 11 is 0. The minimum Gasteiger partial charge on any atom is -0.489 e. The summed E-state index contributed by atoms with van der Waals surface area (Å²) in [6.07, 6.45) is -1.45. The predicted molar refractivity (Wildman–Crippen MR) is 114 cm³/mol. The molecule has 3 heterocycles. The fourth-order valence-electron chi connectivity index (χ4n) is 3.96. The summed E-state index contributed by atoms with van der Waals surface area (Å²) in [6, 6.07) is 4.07. The Balaban J connectivity index is 1.48. The number of hydrogen-bond donors (Lipinski definition) is 1. The summed E-state index contributed by atoms with van der Waals surface area (Å²) in [7, 11) is -3.81. The van der Waals surface area contributed by atoms with Crippen molar-refractivity contribution in [1.29, 1.82) is 0 Å². The smallest absolute Gasteiger partial charge is 0.415 e. The van der Waals surface area contributed by atoms with Crippen molar-refractivity contribution in [3.8, 4) is 5.75 Å². The van der Waals surface area contributed by atoms with Gasteiger partial charge in [-0.3, -0.25) is 4.90 Å². The van der Waals surface area contributed by atoms with Gasteiger partial charge in [0, 0.05) is 38.8 Å². The Hall–Kier alpha value is -2.57. The van der Waals surface area contributed by atoms with Crippen LogP contribution < -0.4 is 15.4 Å². The van der Waals surface area contributed by atoms with Crippen LogP contribution in [-0.4, -0.2) is 86.9 Å². The molecule has 0 aromatic heterocycles. The molecule has 3 aliphatic rings. The van der Waals surface area contributed by atoms with E-state index in [-0.39, 0.29) is 50.3 Å². The largest absolute Gasteiger partial charge is 0.489 e. The summed E-state index contributed by atoms with van der Waals surface area (Å²) in [5, 5.41) is 0. The number of anilines is 1. The zero-order valence-electron chi connectivity index (χ0n) is 18.3. The average molecular weight is 469 g/mol. The third kappa shape index (κ3) is 4.09. The lowest BCUT2D eigenvalue weighted by molar-refractivity contribution is 0.0192. The van der Waals surface area contributed by atoms with Crippen molar-refractivity contribution in [2.75, 3.05) is 44.2 Å². The first-order valence-electron chi connectivity index (χ1n) is 10.5. The zero-order valence-corrected chi connectivity index (χ0v) is 19.1. The summed E-state index contributed by atoms with van der Waals surface area (Å²) in [5.74, 6) is 0.296. The number of cyclic esters (lactones) is 1. The molecule has 1 aromatic rings. The van der Waals surface area contributed by atoms with Crippen LogP contribution in [0.3, 0.4) is 0 Å². The number of fused-ring (bicyclic) bond motifs is 3. The molecule has 0 radical (unpaired) electrons. The molecular formula is C20H28N4O7S. The lowest BCUT2D eigenvalue weighted by Crippen LogP contribution is -2.51. The molecule has 0 bridgehead atoms. The molecule has 1 aromatic carbocycles. The lowest BCUT2D eigenvalue weighted by Gasteiger charge is -2.35. The van der Waals surface area contributed by atoms with Gasteiger partial charge in [0.2, 0.25) is 10.0 Å². The van der Waals surface area contributed by atoms with E-state index in [9.17, 15) is 18.0 Å². The molecule has 2 fully saturated rings. The molecule has 32 heavy (non-hydrogen) atoms. The van der Waals surface area contributed by atoms with E-state index in [0.717, 1.165) is 0 Å². The maximum Gasteiger partial charge on any atom is 0.415 e. The monoisotopic (exact) mass is 468 g/mol. The Morgan fingerprint density at radius 3 is 2.53 bits per heavy atom. The van der Waals surface area contributed by atoms with E-state index in [1.807, 2.05) is 0 Å². The summed E-state index contributed by atoms with van der Waals surface area (Å²) in [4.78, 5) is 27.5. The maximum atomic E-state index is 13.2. The van der Waals surface area contributed by atoms with Crippen molar-refractivity contribution in [2.45, 2.75) is 43.4 Å². The second kappa shape index (κ2) is 8.09. The van der Waals surface area contributed by atoms with Crippen molar-refractivity contribution < 1.29 is 32.2 Å². The molecule has 2 amide bonds. The maximum absolute atomic E-state index is 13.2. The fraction of sp³-hybridized carbons (Fsp3) is 0.600. The van der Waals surface area contributed by atoms with E-state index in [0.29, 0.717) is 11.4 Å². The van der Waals surface area contributed by atoms with Crippen molar-refractivity contribution >= 4 is 27.9 Å². The Labute approximate surface area is 187 Å². The van der Waals surface area contributed by atoms with Crippen molar-refractivity contribution in [2.24, 2.45) is 5.73 Å². The number of carbonyl (C=O) groups excluding carboxylic acids is 2. The molecule has 2 saturated heterocycles. The van der Waals surface area contributed by atoms with Crippen LogP contribution in [0.15, 0.2) is 23.1 Å². The molecule has 12 heteroatoms. The molecule has 2 N–H and O–H groups in total. The van der Waals surface area contributed by atoms with Crippen molar-refractivity contribution in [3.63, 3.8) is 0 Å². The zero-order chi connectivity index (χ0) is 23.3. The van der Waals surface area contributed by atoms with Crippen LogP contribution in [0.2, 0.25) is 0 Å². The summed E-state index contributed by atoms with van der Waals surface area (Å²) in [5.41, 5.74) is 5.51. The van der Waals surface area contributed by atoms with E-state index in [4.69, 9.17) is 19.9 Å². The first kappa shape index (κ1) is 22.6. The van der Waals surface area contributed by atoms with Gasteiger partial charge < -0.3 is 24.8 Å². The number of amides is 2. The number of nitrogens with zero attached hydrogens (tertiary/aromatic N) is 3. The number of benzene rings is 1. The molecule has 4 rings (SSSR count). The van der Waals surface area contributed by atoms with E-state index in [2.05, 4.69) is 0 Å². The topological polar surface area (TPSA) is 132 Å². The number of hydrogen-bond acceptors (Lipinski definition) is 8. The Morgan fingerprint density at radius 1 is 1.22 bits per heavy atom. The van der Waals surface area contributed by atoms with Gasteiger partial charge >= 0.3 is 12.2 Å². The van der Waals surface area contributed by atoms with Crippen LogP contribution in [0.4, 0.5) is 15.3 Å². The molecule has 0 spiro atoms. The third-order valence-electron chi connectivity index (χ3n) is 5.57. The molecule has 0 aliphatic carbocycles. The van der Waals surface area contributed by atoms with Gasteiger partial charge in [-0.15, -0.1) is 0 Å². The van der Waals surface area contributed by atoms with Crippen LogP contribution in [0.1, 0.15) is 20.8 Å². The van der Waals surface area contributed by atoms with Crippen molar-refractivity contribution in [3.05, 3.63) is 18.2 Å². The van der Waals surface area contributed by atoms with Gasteiger partial charge in [0.05, 0.1) is 10.6 Å². The highest BCUT2D eigenvalue weighted by atomic mass is 32.2. The Morgan fingerprint density at radius 2 is 1.91 bits per heavy atom. The van der Waals surface area contributed by atoms with E-state index >= 15 is 0 Å². The van der Waals surface area contributed by atoms with Gasteiger partial charge in [-0.1, -0.05) is 0 Å². The normalized spacial score (nSPS) is 23.8. The number of ether oxygens (including phenoxy) is 3. The van der Waals surface area contributed by atoms with Crippen molar-refractivity contribution in [1.82, 2.24) is 9.21 Å². The molecule has 11 nitrogen and oxygen atoms in total. The average Bonchev–Trinajstić information content (AvgIpc) is 3.08. The van der Waals surface area contributed by atoms with E-state index in [1.165, 1.54) is 26.2 Å². The molecule has 3 aliphatic heterocycles. The summed E-state index contributed by atoms with van der Waals surface area (Å²) in [6.45, 7) is 6.45. The first-order valence-corrected chi connectivity index (χ1v) is 11.9. The van der Waals surface area contributed by atoms with Crippen LogP contribution in [-0.2, 0) is 19.5 Å². The molecule has 176 valence electrons. The second-order valence-electron chi connectivity index (χ2n) is 8.91. The van der Waals surface area contributed by atoms with E-state index in [1.54, 1.807) is 26.8 Å². The van der Waals surface area contributed by atoms with Gasteiger partial charge in [-0.05, 0) is 32.9 Å². The Kier molecular flexibility index (Phi) is 5.72. The summed E-state index contributed by atoms with van der Waals surface area (Å²) < 4.78 is 44.1. The number of carbonyl (C=O) groups is 2. The number of piperazine rings is 1. The second-order valence-corrected chi connectivity index (χ2v) is 10.8. The van der Waals surface area contributed by atoms with Gasteiger partial charge in [0.15, 0.2) is 0 Å². The fourth-order valence-corrected chi connectivity index (χ4v) is 5.40. The van der Waals surface area contributed by atoms with E-state index < -0.39 is 33.9 Å². The molecular weight excluding hydrogens is 440 g/mol. The minimum absolute atomic E-state index is 0.0587. The highest BCUT2D eigenvalue weighted by Gasteiger charge is 2.46. The minimum atomic E-state index is -3.81. The third-order valence-corrected chi connectivity index (χ3v) is 7.47. The highest BCUT2D eigenvalue weighted by Crippen LogP contribution is 2.40. The van der Waals surface area contributed by atoms with Crippen LogP contribution in [0.25, 0.3) is 0 Å². The standard InChI is InChI=1S/C20H28N4O7S/c1-20(2,3)31-18(25)22-6-8-23(9-7-22)32(27,28)13-4-5-14-16(10-13)29-12-15-17(11-21)30-19(26)24(14)15/h4-5,10,15,17H,6-9,11-12,21H2,1-3H3/t15-,17?/m1/s1. The predicted octanol–water partition coefficient (Wildman–Crippen LogP) is 0.973. The van der Waals surface area contributed by atoms with Gasteiger partial charge in [-0.25, -0.2) is 18.0 Å². The first-order chi connectivity index (χ1) is 15.0. The number of rotatable bonds is 3. The SMILES string of the molecule is CC(C)(C)OC(=O)N1CCN(S(=O)(=O)c2ccc3c(c2)OC[C@@H]2C(CN)OC(=O)N32)CC1. The Bertz CT molecular complexity index is 1020.